The number of alkyl carbamates (subject to hydrolysis) is 1. The van der Waals surface area contributed by atoms with Crippen LogP contribution < -0.4 is 15.8 Å². The van der Waals surface area contributed by atoms with Crippen molar-refractivity contribution < 1.29 is 23.8 Å². The van der Waals surface area contributed by atoms with Gasteiger partial charge in [0.1, 0.15) is 28.5 Å². The zero-order chi connectivity index (χ0) is 27.4. The molecule has 1 aromatic carbocycles. The normalized spacial score (nSPS) is 19.1. The van der Waals surface area contributed by atoms with Gasteiger partial charge in [-0.05, 0) is 110 Å². The number of nitrogens with zero attached hydrogens (tertiary/aromatic N) is 2. The van der Waals surface area contributed by atoms with Crippen molar-refractivity contribution in [3.63, 3.8) is 0 Å². The summed E-state index contributed by atoms with van der Waals surface area (Å²) < 4.78 is 17.1. The van der Waals surface area contributed by atoms with E-state index in [1.807, 2.05) is 59.4 Å². The van der Waals surface area contributed by atoms with Crippen LogP contribution in [0, 0.1) is 0 Å². The van der Waals surface area contributed by atoms with Gasteiger partial charge in [-0.2, -0.15) is 0 Å². The number of rotatable bonds is 7. The molecule has 0 bridgehead atoms. The minimum atomic E-state index is -0.595. The van der Waals surface area contributed by atoms with E-state index < -0.39 is 17.3 Å². The van der Waals surface area contributed by atoms with E-state index in [1.54, 1.807) is 0 Å². The number of amidine groups is 1. The number of carbonyl (C=O) groups is 2. The summed E-state index contributed by atoms with van der Waals surface area (Å²) in [6.07, 6.45) is 4.19. The average Bonchev–Trinajstić information content (AvgIpc) is 2.75. The van der Waals surface area contributed by atoms with Crippen LogP contribution in [0.2, 0.25) is 0 Å². The molecule has 3 N–H and O–H groups in total. The predicted molar refractivity (Wildman–Crippen MR) is 145 cm³/mol. The van der Waals surface area contributed by atoms with Gasteiger partial charge in [-0.3, -0.25) is 0 Å². The Hall–Kier alpha value is -2.97. The maximum Gasteiger partial charge on any atom is 0.410 e. The first kappa shape index (κ1) is 28.6. The Morgan fingerprint density at radius 1 is 1.11 bits per heavy atom. The summed E-state index contributed by atoms with van der Waals surface area (Å²) in [7, 11) is 0. The molecule has 1 aliphatic carbocycles. The smallest absolute Gasteiger partial charge is 0.410 e. The fraction of sp³-hybridized carbons (Fsp3) is 0.679. The number of carbonyl (C=O) groups excluding carboxylic acids is 2. The number of nitrogens with one attached hydrogen (secondary N) is 1. The molecule has 1 aliphatic heterocycles. The number of aryl methyl sites for hydroxylation is 1. The second kappa shape index (κ2) is 11.6. The van der Waals surface area contributed by atoms with Gasteiger partial charge in [-0.15, -0.1) is 0 Å². The van der Waals surface area contributed by atoms with Crippen molar-refractivity contribution in [2.75, 3.05) is 13.1 Å². The van der Waals surface area contributed by atoms with Crippen molar-refractivity contribution in [1.82, 2.24) is 10.2 Å². The maximum absolute atomic E-state index is 13.4. The quantitative estimate of drug-likeness (QED) is 0.445. The van der Waals surface area contributed by atoms with Gasteiger partial charge in [0, 0.05) is 13.1 Å². The molecule has 1 aromatic rings. The Morgan fingerprint density at radius 2 is 1.81 bits per heavy atom. The molecule has 2 unspecified atom stereocenters. The van der Waals surface area contributed by atoms with Crippen LogP contribution in [0.3, 0.4) is 0 Å². The third-order valence-corrected chi connectivity index (χ3v) is 6.22. The number of hydrogen-bond donors (Lipinski definition) is 2. The molecular formula is C28H44N4O5. The summed E-state index contributed by atoms with van der Waals surface area (Å²) in [6, 6.07) is 3.97. The van der Waals surface area contributed by atoms with Crippen LogP contribution >= 0.6 is 0 Å². The number of unbranched alkanes of at least 4 members (excludes halogenated alkanes) is 2. The number of amides is 2. The fourth-order valence-electron chi connectivity index (χ4n) is 4.56. The second-order valence-electron chi connectivity index (χ2n) is 11.9. The molecule has 0 saturated carbocycles. The maximum atomic E-state index is 13.4. The van der Waals surface area contributed by atoms with Gasteiger partial charge >= 0.3 is 12.2 Å². The van der Waals surface area contributed by atoms with Crippen molar-refractivity contribution >= 4 is 23.7 Å². The first-order chi connectivity index (χ1) is 17.2. The van der Waals surface area contributed by atoms with Gasteiger partial charge in [-0.25, -0.2) is 14.6 Å². The lowest BCUT2D eigenvalue weighted by atomic mass is 9.86. The molecule has 9 heteroatoms. The van der Waals surface area contributed by atoms with E-state index in [1.165, 1.54) is 5.56 Å². The number of fused-ring (bicyclic) bond motifs is 2. The minimum Gasteiger partial charge on any atom is -0.481 e. The van der Waals surface area contributed by atoms with Gasteiger partial charge in [0.05, 0.1) is 6.04 Å². The highest BCUT2D eigenvalue weighted by atomic mass is 16.6. The predicted octanol–water partition coefficient (Wildman–Crippen LogP) is 5.77. The van der Waals surface area contributed by atoms with Crippen molar-refractivity contribution in [3.05, 3.63) is 23.3 Å². The lowest BCUT2D eigenvalue weighted by Crippen LogP contribution is -2.41. The van der Waals surface area contributed by atoms with Crippen LogP contribution in [0.15, 0.2) is 17.1 Å². The Bertz CT molecular complexity index is 1010. The van der Waals surface area contributed by atoms with Crippen molar-refractivity contribution in [2.45, 2.75) is 110 Å². The van der Waals surface area contributed by atoms with E-state index in [0.29, 0.717) is 24.6 Å². The summed E-state index contributed by atoms with van der Waals surface area (Å²) in [4.78, 5) is 31.6. The summed E-state index contributed by atoms with van der Waals surface area (Å²) in [5.74, 6) is 1.19. The highest BCUT2D eigenvalue weighted by Gasteiger charge is 2.33. The minimum absolute atomic E-state index is 0.112. The molecule has 9 nitrogen and oxygen atoms in total. The van der Waals surface area contributed by atoms with Crippen molar-refractivity contribution in [3.8, 4) is 5.75 Å². The first-order valence-electron chi connectivity index (χ1n) is 13.4. The molecule has 0 fully saturated rings. The molecule has 2 aliphatic rings. The van der Waals surface area contributed by atoms with E-state index in [9.17, 15) is 9.59 Å². The number of ether oxygens (including phenoxy) is 3. The molecule has 0 saturated heterocycles. The van der Waals surface area contributed by atoms with Gasteiger partial charge in [-0.1, -0.05) is 0 Å². The van der Waals surface area contributed by atoms with E-state index in [2.05, 4.69) is 16.4 Å². The molecule has 37 heavy (non-hydrogen) atoms. The van der Waals surface area contributed by atoms with Gasteiger partial charge < -0.3 is 30.2 Å². The number of nitrogens with two attached hydrogens (primary N) is 1. The highest BCUT2D eigenvalue weighted by molar-refractivity contribution is 5.90. The van der Waals surface area contributed by atoms with E-state index in [4.69, 9.17) is 19.9 Å². The van der Waals surface area contributed by atoms with Crippen molar-refractivity contribution in [1.29, 1.82) is 0 Å². The monoisotopic (exact) mass is 516 g/mol. The number of hydrogen-bond acceptors (Lipinski definition) is 7. The van der Waals surface area contributed by atoms with Crippen LogP contribution in [0.5, 0.6) is 5.75 Å². The molecule has 0 aromatic heterocycles. The summed E-state index contributed by atoms with van der Waals surface area (Å²) >= 11 is 0. The van der Waals surface area contributed by atoms with Gasteiger partial charge in [0.25, 0.3) is 0 Å². The number of benzene rings is 1. The largest absolute Gasteiger partial charge is 0.481 e. The molecule has 1 heterocycles. The van der Waals surface area contributed by atoms with Gasteiger partial charge in [0.2, 0.25) is 0 Å². The van der Waals surface area contributed by atoms with E-state index in [0.717, 1.165) is 49.8 Å². The van der Waals surface area contributed by atoms with Crippen LogP contribution in [-0.4, -0.2) is 53.3 Å². The van der Waals surface area contributed by atoms with E-state index >= 15 is 0 Å². The third-order valence-electron chi connectivity index (χ3n) is 6.22. The first-order valence-corrected chi connectivity index (χ1v) is 13.4. The Labute approximate surface area is 221 Å². The molecule has 3 rings (SSSR count). The third kappa shape index (κ3) is 8.27. The average molecular weight is 517 g/mol. The highest BCUT2D eigenvalue weighted by Crippen LogP contribution is 2.42. The van der Waals surface area contributed by atoms with Gasteiger partial charge in [0.15, 0.2) is 6.10 Å². The molecule has 2 amide bonds. The summed E-state index contributed by atoms with van der Waals surface area (Å²) in [5.41, 5.74) is 7.89. The van der Waals surface area contributed by atoms with Crippen LogP contribution in [0.25, 0.3) is 0 Å². The van der Waals surface area contributed by atoms with Crippen molar-refractivity contribution in [2.24, 2.45) is 10.7 Å². The molecule has 0 radical (unpaired) electrons. The molecule has 0 spiro atoms. The zero-order valence-corrected chi connectivity index (χ0v) is 23.5. The Balaban J connectivity index is 1.70. The topological polar surface area (TPSA) is 115 Å². The van der Waals surface area contributed by atoms with E-state index in [-0.39, 0.29) is 18.2 Å². The number of aliphatic imine (C=N–C) groups is 1. The Morgan fingerprint density at radius 3 is 2.49 bits per heavy atom. The molecule has 2 atom stereocenters. The van der Waals surface area contributed by atoms with Crippen LogP contribution in [-0.2, 0) is 15.9 Å². The standard InChI is InChI=1S/C28H44N4O5/c1-18-24(29)31-21-17-20-19(16-23(21)35-18)12-11-13-22(20)32(26(34)37-28(5,6)7)15-10-8-9-14-30-25(33)36-27(2,3)4/h16-18,22H,8-15H2,1-7H3,(H2,29,31)(H,30,33). The molecule has 206 valence electrons. The van der Waals surface area contributed by atoms with Crippen LogP contribution in [0.4, 0.5) is 15.3 Å². The molecular weight excluding hydrogens is 472 g/mol. The summed E-state index contributed by atoms with van der Waals surface area (Å²) in [5, 5.41) is 2.79. The fourth-order valence-corrected chi connectivity index (χ4v) is 4.56. The second-order valence-corrected chi connectivity index (χ2v) is 11.9. The lowest BCUT2D eigenvalue weighted by molar-refractivity contribution is 0.0135. The lowest BCUT2D eigenvalue weighted by Gasteiger charge is -2.37. The Kier molecular flexibility index (Phi) is 8.97. The zero-order valence-electron chi connectivity index (χ0n) is 23.5. The van der Waals surface area contributed by atoms with Crippen LogP contribution in [0.1, 0.15) is 97.7 Å². The summed E-state index contributed by atoms with van der Waals surface area (Å²) in [6.45, 7) is 14.1. The SMILES string of the molecule is CC1Oc2cc3c(cc2N=C1N)C(N(CCCCCNC(=O)OC(C)(C)C)C(=O)OC(C)(C)C)CCC3.